The van der Waals surface area contributed by atoms with E-state index in [-0.39, 0.29) is 34.9 Å². The predicted molar refractivity (Wildman–Crippen MR) is 122 cm³/mol. The van der Waals surface area contributed by atoms with E-state index in [1.807, 2.05) is 0 Å². The van der Waals surface area contributed by atoms with Crippen molar-refractivity contribution in [3.8, 4) is 11.1 Å². The predicted octanol–water partition coefficient (Wildman–Crippen LogP) is 3.09. The van der Waals surface area contributed by atoms with Crippen LogP contribution in [0.1, 0.15) is 17.9 Å². The van der Waals surface area contributed by atoms with Crippen LogP contribution in [0.3, 0.4) is 0 Å². The minimum absolute atomic E-state index is 0.148. The van der Waals surface area contributed by atoms with E-state index in [9.17, 15) is 18.0 Å². The zero-order chi connectivity index (χ0) is 24.1. The fourth-order valence-electron chi connectivity index (χ4n) is 3.37. The summed E-state index contributed by atoms with van der Waals surface area (Å²) in [5.41, 5.74) is 6.41. The van der Waals surface area contributed by atoms with Crippen molar-refractivity contribution >= 4 is 17.0 Å². The maximum atomic E-state index is 14.4. The number of aromatic nitrogens is 3. The van der Waals surface area contributed by atoms with Crippen molar-refractivity contribution in [1.82, 2.24) is 20.3 Å². The first-order chi connectivity index (χ1) is 16.4. The van der Waals surface area contributed by atoms with Gasteiger partial charge in [0.05, 0.1) is 5.56 Å². The van der Waals surface area contributed by atoms with Crippen LogP contribution in [0.25, 0.3) is 22.2 Å². The van der Waals surface area contributed by atoms with Crippen molar-refractivity contribution in [2.24, 2.45) is 5.73 Å². The Balaban J connectivity index is 1.37. The molecule has 11 heteroatoms. The smallest absolute Gasteiger partial charge is 0.282 e. The highest BCUT2D eigenvalue weighted by Crippen LogP contribution is 2.20. The molecule has 0 fully saturated rings. The van der Waals surface area contributed by atoms with Gasteiger partial charge in [-0.25, -0.2) is 18.2 Å². The molecule has 0 unspecified atom stereocenters. The zero-order valence-corrected chi connectivity index (χ0v) is 18.1. The second kappa shape index (κ2) is 10.5. The van der Waals surface area contributed by atoms with E-state index in [0.717, 1.165) is 18.6 Å². The normalized spacial score (nSPS) is 11.3. The number of benzene rings is 2. The fraction of sp³-hybridized carbons (Fsp3) is 0.261. The summed E-state index contributed by atoms with van der Waals surface area (Å²) in [6, 6.07) is 6.51. The summed E-state index contributed by atoms with van der Waals surface area (Å²) < 4.78 is 46.4. The number of nitrogens with one attached hydrogen (secondary N) is 3. The van der Waals surface area contributed by atoms with Crippen molar-refractivity contribution in [2.45, 2.75) is 19.4 Å². The Hall–Kier alpha value is -3.70. The van der Waals surface area contributed by atoms with Gasteiger partial charge in [0.1, 0.15) is 11.3 Å². The van der Waals surface area contributed by atoms with Crippen LogP contribution in [0, 0.1) is 17.5 Å². The molecular weight excluding hydrogens is 449 g/mol. The number of hydrogen-bond donors (Lipinski definition) is 4. The fourth-order valence-corrected chi connectivity index (χ4v) is 3.37. The number of hydrogen-bond acceptors (Lipinski definition) is 7. The molecule has 0 atom stereocenters. The zero-order valence-electron chi connectivity index (χ0n) is 18.1. The average Bonchev–Trinajstić information content (AvgIpc) is 3.19. The highest BCUT2D eigenvalue weighted by molar-refractivity contribution is 5.72. The highest BCUT2D eigenvalue weighted by atomic mass is 19.2. The van der Waals surface area contributed by atoms with E-state index in [4.69, 9.17) is 10.2 Å². The first-order valence-electron chi connectivity index (χ1n) is 10.7. The molecule has 2 aromatic heterocycles. The van der Waals surface area contributed by atoms with Crippen molar-refractivity contribution < 1.29 is 17.6 Å². The van der Waals surface area contributed by atoms with E-state index in [1.165, 1.54) is 12.3 Å². The molecule has 0 saturated heterocycles. The second-order valence-corrected chi connectivity index (χ2v) is 7.61. The van der Waals surface area contributed by atoms with Crippen LogP contribution in [-0.4, -0.2) is 34.6 Å². The van der Waals surface area contributed by atoms with E-state index in [0.29, 0.717) is 37.3 Å². The van der Waals surface area contributed by atoms with Gasteiger partial charge in [-0.3, -0.25) is 4.79 Å². The van der Waals surface area contributed by atoms with E-state index in [1.54, 1.807) is 12.1 Å². The molecule has 0 spiro atoms. The average molecular weight is 472 g/mol. The topological polar surface area (TPSA) is 122 Å². The maximum absolute atomic E-state index is 14.4. The Bertz CT molecular complexity index is 1320. The first kappa shape index (κ1) is 23.5. The van der Waals surface area contributed by atoms with Gasteiger partial charge in [0, 0.05) is 43.4 Å². The summed E-state index contributed by atoms with van der Waals surface area (Å²) in [4.78, 5) is 23.4. The summed E-state index contributed by atoms with van der Waals surface area (Å²) in [7, 11) is 0. The van der Waals surface area contributed by atoms with Crippen molar-refractivity contribution in [2.75, 3.05) is 25.0 Å². The number of fused-ring (bicyclic) bond motifs is 1. The molecule has 2 aromatic carbocycles. The van der Waals surface area contributed by atoms with E-state index < -0.39 is 23.0 Å². The van der Waals surface area contributed by atoms with Crippen molar-refractivity contribution in [3.63, 3.8) is 0 Å². The second-order valence-electron chi connectivity index (χ2n) is 7.61. The Labute approximate surface area is 192 Å². The number of halogens is 3. The monoisotopic (exact) mass is 472 g/mol. The molecular formula is C23H23F3N6O2. The van der Waals surface area contributed by atoms with E-state index in [2.05, 4.69) is 25.6 Å². The standard InChI is InChI=1S/C23H23F3N6O2/c24-16-8-13(2-3-14(16)11-28-6-1-5-27)15-12-30-23(32-22(15)33)29-7-4-21-31-19-9-17(25)18(26)10-20(19)34-21/h2-3,8-10,12,28H,1,4-7,11,27H2,(H2,29,30,32,33). The molecule has 8 nitrogen and oxygen atoms in total. The summed E-state index contributed by atoms with van der Waals surface area (Å²) in [5, 5.41) is 6.04. The molecule has 4 rings (SSSR count). The Morgan fingerprint density at radius 2 is 1.85 bits per heavy atom. The molecule has 0 amide bonds. The van der Waals surface area contributed by atoms with Crippen LogP contribution >= 0.6 is 0 Å². The molecule has 0 saturated carbocycles. The first-order valence-corrected chi connectivity index (χ1v) is 10.7. The van der Waals surface area contributed by atoms with Gasteiger partial charge in [-0.05, 0) is 31.1 Å². The SMILES string of the molecule is NCCCNCc1ccc(-c2c[nH]c(NCCc3nc4cc(F)c(F)cc4o3)nc2=O)cc1F. The molecule has 0 aliphatic carbocycles. The molecule has 5 N–H and O–H groups in total. The van der Waals surface area contributed by atoms with Crippen molar-refractivity contribution in [1.29, 1.82) is 0 Å². The minimum atomic E-state index is -1.01. The van der Waals surface area contributed by atoms with Crippen LogP contribution in [0.15, 0.2) is 45.7 Å². The van der Waals surface area contributed by atoms with Gasteiger partial charge < -0.3 is 25.8 Å². The number of aromatic amines is 1. The van der Waals surface area contributed by atoms with Crippen LogP contribution in [0.2, 0.25) is 0 Å². The lowest BCUT2D eigenvalue weighted by Crippen LogP contribution is -2.18. The third-order valence-electron chi connectivity index (χ3n) is 5.14. The Morgan fingerprint density at radius 3 is 2.62 bits per heavy atom. The molecule has 0 aliphatic heterocycles. The maximum Gasteiger partial charge on any atom is 0.282 e. The summed E-state index contributed by atoms with van der Waals surface area (Å²) >= 11 is 0. The molecule has 4 aromatic rings. The summed E-state index contributed by atoms with van der Waals surface area (Å²) in [5.74, 6) is -1.94. The Morgan fingerprint density at radius 1 is 1.03 bits per heavy atom. The lowest BCUT2D eigenvalue weighted by Gasteiger charge is -2.08. The number of anilines is 1. The van der Waals surface area contributed by atoms with Crippen LogP contribution in [0.4, 0.5) is 19.1 Å². The number of rotatable bonds is 10. The Kier molecular flexibility index (Phi) is 7.24. The summed E-state index contributed by atoms with van der Waals surface area (Å²) in [6.07, 6.45) is 2.54. The van der Waals surface area contributed by atoms with Gasteiger partial charge in [-0.1, -0.05) is 12.1 Å². The molecule has 34 heavy (non-hydrogen) atoms. The molecule has 178 valence electrons. The lowest BCUT2D eigenvalue weighted by molar-refractivity contribution is 0.502. The number of H-pyrrole nitrogens is 1. The third kappa shape index (κ3) is 5.43. The quantitative estimate of drug-likeness (QED) is 0.262. The van der Waals surface area contributed by atoms with Gasteiger partial charge in [0.2, 0.25) is 5.95 Å². The minimum Gasteiger partial charge on any atom is -0.441 e. The third-order valence-corrected chi connectivity index (χ3v) is 5.14. The number of nitrogens with zero attached hydrogens (tertiary/aromatic N) is 2. The van der Waals surface area contributed by atoms with E-state index >= 15 is 0 Å². The van der Waals surface area contributed by atoms with Gasteiger partial charge in [-0.2, -0.15) is 4.98 Å². The van der Waals surface area contributed by atoms with Crippen molar-refractivity contribution in [3.05, 3.63) is 75.8 Å². The van der Waals surface area contributed by atoms with Gasteiger partial charge in [0.25, 0.3) is 5.56 Å². The molecule has 0 radical (unpaired) electrons. The molecule has 0 aliphatic rings. The number of nitrogens with two attached hydrogens (primary N) is 1. The number of oxazole rings is 1. The van der Waals surface area contributed by atoms with Gasteiger partial charge in [-0.15, -0.1) is 0 Å². The van der Waals surface area contributed by atoms with Gasteiger partial charge >= 0.3 is 0 Å². The lowest BCUT2D eigenvalue weighted by atomic mass is 10.1. The van der Waals surface area contributed by atoms with Crippen LogP contribution in [-0.2, 0) is 13.0 Å². The van der Waals surface area contributed by atoms with Crippen LogP contribution in [0.5, 0.6) is 0 Å². The summed E-state index contributed by atoms with van der Waals surface area (Å²) in [6.45, 7) is 1.92. The van der Waals surface area contributed by atoms with Gasteiger partial charge in [0.15, 0.2) is 23.1 Å². The highest BCUT2D eigenvalue weighted by Gasteiger charge is 2.12. The molecule has 0 bridgehead atoms. The molecule has 2 heterocycles. The van der Waals surface area contributed by atoms with Crippen LogP contribution < -0.4 is 21.9 Å². The largest absolute Gasteiger partial charge is 0.441 e.